The van der Waals surface area contributed by atoms with Gasteiger partial charge in [-0.3, -0.25) is 4.79 Å². The lowest BCUT2D eigenvalue weighted by atomic mass is 9.92. The molecule has 2 saturated heterocycles. The highest BCUT2D eigenvalue weighted by atomic mass is 16.4. The van der Waals surface area contributed by atoms with Crippen molar-refractivity contribution in [3.8, 4) is 11.3 Å². The maximum atomic E-state index is 12.6. The van der Waals surface area contributed by atoms with Crippen molar-refractivity contribution >= 4 is 5.91 Å². The Labute approximate surface area is 148 Å². The number of rotatable bonds is 4. The zero-order valence-electron chi connectivity index (χ0n) is 14.5. The van der Waals surface area contributed by atoms with E-state index < -0.39 is 0 Å². The molecular formula is C20H25N3O2. The van der Waals surface area contributed by atoms with Crippen molar-refractivity contribution in [1.82, 2.24) is 15.2 Å². The van der Waals surface area contributed by atoms with Crippen LogP contribution >= 0.6 is 0 Å². The van der Waals surface area contributed by atoms with E-state index in [1.165, 1.54) is 0 Å². The van der Waals surface area contributed by atoms with Crippen LogP contribution in [0.1, 0.15) is 25.2 Å². The Hall–Kier alpha value is -2.14. The van der Waals surface area contributed by atoms with Crippen molar-refractivity contribution in [2.75, 3.05) is 26.2 Å². The van der Waals surface area contributed by atoms with Crippen LogP contribution in [0.5, 0.6) is 0 Å². The third kappa shape index (κ3) is 3.76. The van der Waals surface area contributed by atoms with Gasteiger partial charge >= 0.3 is 0 Å². The third-order valence-electron chi connectivity index (χ3n) is 5.54. The Kier molecular flexibility index (Phi) is 4.83. The van der Waals surface area contributed by atoms with Crippen molar-refractivity contribution in [2.24, 2.45) is 11.8 Å². The smallest absolute Gasteiger partial charge is 0.223 e. The zero-order chi connectivity index (χ0) is 17.1. The largest absolute Gasteiger partial charge is 0.441 e. The van der Waals surface area contributed by atoms with E-state index in [0.717, 1.165) is 62.2 Å². The van der Waals surface area contributed by atoms with Gasteiger partial charge in [-0.2, -0.15) is 0 Å². The second-order valence-corrected chi connectivity index (χ2v) is 7.12. The van der Waals surface area contributed by atoms with Crippen molar-refractivity contribution in [3.05, 3.63) is 42.4 Å². The number of benzene rings is 1. The van der Waals surface area contributed by atoms with Gasteiger partial charge in [0.25, 0.3) is 0 Å². The number of hydrogen-bond acceptors (Lipinski definition) is 4. The third-order valence-corrected chi connectivity index (χ3v) is 5.54. The molecule has 5 heteroatoms. The minimum absolute atomic E-state index is 0.229. The number of fused-ring (bicyclic) bond motifs is 1. The number of oxazole rings is 1. The molecule has 4 rings (SSSR count). The van der Waals surface area contributed by atoms with Crippen LogP contribution < -0.4 is 5.32 Å². The number of carbonyl (C=O) groups excluding carboxylic acids is 1. The molecule has 0 bridgehead atoms. The maximum absolute atomic E-state index is 12.6. The van der Waals surface area contributed by atoms with E-state index in [-0.39, 0.29) is 5.91 Å². The summed E-state index contributed by atoms with van der Waals surface area (Å²) in [5.41, 5.74) is 1.01. The fourth-order valence-electron chi connectivity index (χ4n) is 4.00. The van der Waals surface area contributed by atoms with Gasteiger partial charge in [-0.05, 0) is 37.8 Å². The number of amides is 1. The Bertz CT molecular complexity index is 699. The van der Waals surface area contributed by atoms with Gasteiger partial charge in [0.2, 0.25) is 5.91 Å². The van der Waals surface area contributed by atoms with Crippen molar-refractivity contribution in [1.29, 1.82) is 0 Å². The quantitative estimate of drug-likeness (QED) is 0.930. The van der Waals surface area contributed by atoms with Crippen molar-refractivity contribution in [3.63, 3.8) is 0 Å². The van der Waals surface area contributed by atoms with Crippen LogP contribution in [0.3, 0.4) is 0 Å². The summed E-state index contributed by atoms with van der Waals surface area (Å²) in [5.74, 6) is 3.13. The molecule has 0 unspecified atom stereocenters. The molecule has 2 aromatic rings. The summed E-state index contributed by atoms with van der Waals surface area (Å²) < 4.78 is 5.80. The Morgan fingerprint density at radius 1 is 1.16 bits per heavy atom. The molecule has 132 valence electrons. The molecule has 0 saturated carbocycles. The van der Waals surface area contributed by atoms with Crippen LogP contribution in [0.25, 0.3) is 11.3 Å². The van der Waals surface area contributed by atoms with Crippen molar-refractivity contribution < 1.29 is 9.21 Å². The summed E-state index contributed by atoms with van der Waals surface area (Å²) in [5, 5.41) is 3.47. The summed E-state index contributed by atoms with van der Waals surface area (Å²) in [7, 11) is 0. The standard InChI is InChI=1S/C20H25N3O2/c24-20(23-10-8-16-12-21-13-17(16)9-11-23)7-6-19-22-14-18(25-19)15-4-2-1-3-5-15/h1-5,14,16-17,21H,6-13H2/t16-,17+. The predicted octanol–water partition coefficient (Wildman–Crippen LogP) is 2.73. The summed E-state index contributed by atoms with van der Waals surface area (Å²) in [6.07, 6.45) is 5.04. The first-order valence-electron chi connectivity index (χ1n) is 9.28. The molecule has 3 heterocycles. The van der Waals surface area contributed by atoms with Crippen LogP contribution in [-0.2, 0) is 11.2 Å². The molecule has 2 aliphatic heterocycles. The van der Waals surface area contributed by atoms with E-state index >= 15 is 0 Å². The highest BCUT2D eigenvalue weighted by Crippen LogP contribution is 2.27. The molecule has 1 amide bonds. The van der Waals surface area contributed by atoms with E-state index in [1.54, 1.807) is 6.20 Å². The topological polar surface area (TPSA) is 58.4 Å². The molecule has 0 aliphatic carbocycles. The average molecular weight is 339 g/mol. The number of nitrogens with one attached hydrogen (secondary N) is 1. The van der Waals surface area contributed by atoms with Crippen LogP contribution in [0, 0.1) is 11.8 Å². The molecule has 1 aromatic heterocycles. The minimum atomic E-state index is 0.229. The molecule has 25 heavy (non-hydrogen) atoms. The Morgan fingerprint density at radius 3 is 2.60 bits per heavy atom. The molecule has 1 N–H and O–H groups in total. The fourth-order valence-corrected chi connectivity index (χ4v) is 4.00. The molecule has 5 nitrogen and oxygen atoms in total. The summed E-state index contributed by atoms with van der Waals surface area (Å²) in [4.78, 5) is 18.9. The lowest BCUT2D eigenvalue weighted by Gasteiger charge is -2.20. The molecular weight excluding hydrogens is 314 g/mol. The van der Waals surface area contributed by atoms with Crippen LogP contribution in [0.15, 0.2) is 40.9 Å². The van der Waals surface area contributed by atoms with E-state index in [0.29, 0.717) is 18.7 Å². The van der Waals surface area contributed by atoms with Crippen LogP contribution in [0.2, 0.25) is 0 Å². The Balaban J connectivity index is 1.31. The fraction of sp³-hybridized carbons (Fsp3) is 0.500. The number of nitrogens with zero attached hydrogens (tertiary/aromatic N) is 2. The first-order valence-corrected chi connectivity index (χ1v) is 9.28. The number of likely N-dealkylation sites (tertiary alicyclic amines) is 1. The van der Waals surface area contributed by atoms with Crippen molar-refractivity contribution in [2.45, 2.75) is 25.7 Å². The average Bonchev–Trinajstić information content (AvgIpc) is 3.26. The van der Waals surface area contributed by atoms with Gasteiger partial charge in [0.1, 0.15) is 0 Å². The molecule has 0 radical (unpaired) electrons. The molecule has 1 aromatic carbocycles. The normalized spacial score (nSPS) is 23.3. The van der Waals surface area contributed by atoms with Gasteiger partial charge in [-0.25, -0.2) is 4.98 Å². The predicted molar refractivity (Wildman–Crippen MR) is 95.9 cm³/mol. The molecule has 2 fully saturated rings. The second-order valence-electron chi connectivity index (χ2n) is 7.12. The number of aryl methyl sites for hydroxylation is 1. The van der Waals surface area contributed by atoms with E-state index in [4.69, 9.17) is 4.42 Å². The van der Waals surface area contributed by atoms with Gasteiger partial charge in [0.15, 0.2) is 11.7 Å². The minimum Gasteiger partial charge on any atom is -0.441 e. The van der Waals surface area contributed by atoms with Gasteiger partial charge < -0.3 is 14.6 Å². The highest BCUT2D eigenvalue weighted by Gasteiger charge is 2.31. The van der Waals surface area contributed by atoms with Crippen LogP contribution in [-0.4, -0.2) is 42.0 Å². The second kappa shape index (κ2) is 7.40. The first-order chi connectivity index (χ1) is 12.3. The Morgan fingerprint density at radius 2 is 1.88 bits per heavy atom. The molecule has 2 atom stereocenters. The van der Waals surface area contributed by atoms with E-state index in [9.17, 15) is 4.79 Å². The molecule has 2 aliphatic rings. The first kappa shape index (κ1) is 16.3. The van der Waals surface area contributed by atoms with Gasteiger partial charge in [-0.15, -0.1) is 0 Å². The van der Waals surface area contributed by atoms with Gasteiger partial charge in [-0.1, -0.05) is 30.3 Å². The van der Waals surface area contributed by atoms with Gasteiger partial charge in [0, 0.05) is 31.5 Å². The SMILES string of the molecule is O=C(CCc1ncc(-c2ccccc2)o1)N1CC[C@@H]2CNC[C@@H]2CC1. The monoisotopic (exact) mass is 339 g/mol. The lowest BCUT2D eigenvalue weighted by molar-refractivity contribution is -0.131. The summed E-state index contributed by atoms with van der Waals surface area (Å²) in [6.45, 7) is 4.02. The number of carbonyl (C=O) groups is 1. The summed E-state index contributed by atoms with van der Waals surface area (Å²) >= 11 is 0. The van der Waals surface area contributed by atoms with E-state index in [2.05, 4.69) is 10.3 Å². The number of aromatic nitrogens is 1. The lowest BCUT2D eigenvalue weighted by Crippen LogP contribution is -2.32. The van der Waals surface area contributed by atoms with Gasteiger partial charge in [0.05, 0.1) is 6.20 Å². The van der Waals surface area contributed by atoms with Crippen LogP contribution in [0.4, 0.5) is 0 Å². The zero-order valence-corrected chi connectivity index (χ0v) is 14.5. The summed E-state index contributed by atoms with van der Waals surface area (Å²) in [6, 6.07) is 9.93. The molecule has 0 spiro atoms. The maximum Gasteiger partial charge on any atom is 0.223 e. The van der Waals surface area contributed by atoms with E-state index in [1.807, 2.05) is 35.2 Å². The number of hydrogen-bond donors (Lipinski definition) is 1. The highest BCUT2D eigenvalue weighted by molar-refractivity contribution is 5.76.